The van der Waals surface area contributed by atoms with E-state index >= 15 is 0 Å². The maximum absolute atomic E-state index is 14.9. The molecule has 5 aromatic carbocycles. The first kappa shape index (κ1) is 82.3. The minimum Gasteiger partial charge on any atom is -0.481 e. The number of hydrogen-bond acceptors (Lipinski definition) is 17. The fourth-order valence-corrected chi connectivity index (χ4v) is 13.5. The van der Waals surface area contributed by atoms with Crippen molar-refractivity contribution in [2.45, 2.75) is 170 Å². The van der Waals surface area contributed by atoms with E-state index in [1.54, 1.807) is 56.3 Å². The highest BCUT2D eigenvalue weighted by atomic mass is 16.4. The molecule has 0 aliphatic carbocycles. The van der Waals surface area contributed by atoms with Crippen molar-refractivity contribution in [3.05, 3.63) is 144 Å². The number of nitrogens with two attached hydrogens (primary N) is 3. The zero-order valence-corrected chi connectivity index (χ0v) is 60.6. The van der Waals surface area contributed by atoms with Gasteiger partial charge in [0.1, 0.15) is 66.5 Å². The summed E-state index contributed by atoms with van der Waals surface area (Å²) in [6, 6.07) is 21.7. The van der Waals surface area contributed by atoms with Crippen LogP contribution in [0.3, 0.4) is 0 Å². The van der Waals surface area contributed by atoms with Gasteiger partial charge in [-0.1, -0.05) is 141 Å². The number of fused-ring (bicyclic) bond motifs is 1. The Morgan fingerprint density at radius 1 is 0.472 bits per heavy atom. The van der Waals surface area contributed by atoms with Crippen molar-refractivity contribution >= 4 is 93.6 Å². The summed E-state index contributed by atoms with van der Waals surface area (Å²) >= 11 is 0. The number of carboxylic acids is 1. The van der Waals surface area contributed by atoms with Gasteiger partial charge in [-0.25, -0.2) is 0 Å². The van der Waals surface area contributed by atoms with Gasteiger partial charge in [0.15, 0.2) is 5.96 Å². The summed E-state index contributed by atoms with van der Waals surface area (Å²) in [6.07, 6.45) is 0.558. The van der Waals surface area contributed by atoms with E-state index in [1.165, 1.54) is 16.7 Å². The molecule has 0 unspecified atom stereocenters. The molecule has 32 heteroatoms. The van der Waals surface area contributed by atoms with Crippen molar-refractivity contribution in [2.24, 2.45) is 23.1 Å². The van der Waals surface area contributed by atoms with Gasteiger partial charge in [-0.3, -0.25) is 67.7 Å². The van der Waals surface area contributed by atoms with Gasteiger partial charge in [0.2, 0.25) is 70.9 Å². The number of rotatable bonds is 36. The molecular weight excluding hydrogens is 1390 g/mol. The molecule has 19 N–H and O–H groups in total. The number of carboxylic acid groups (broad SMARTS) is 1. The Morgan fingerprint density at radius 3 is 1.52 bits per heavy atom. The fraction of sp³-hybridized carbons (Fsp3) is 0.447. The van der Waals surface area contributed by atoms with Gasteiger partial charge in [-0.15, -0.1) is 0 Å². The van der Waals surface area contributed by atoms with Crippen LogP contribution in [0.5, 0.6) is 0 Å². The summed E-state index contributed by atoms with van der Waals surface area (Å²) in [5.74, 6) is -12.9. The molecule has 3 saturated heterocycles. The Morgan fingerprint density at radius 2 is 0.935 bits per heavy atom. The Kier molecular flexibility index (Phi) is 29.9. The molecule has 12 amide bonds. The van der Waals surface area contributed by atoms with Crippen molar-refractivity contribution in [1.82, 2.24) is 62.6 Å². The van der Waals surface area contributed by atoms with Crippen molar-refractivity contribution in [3.8, 4) is 11.1 Å². The summed E-state index contributed by atoms with van der Waals surface area (Å²) in [4.78, 5) is 185. The normalized spacial score (nSPS) is 18.0. The fourth-order valence-electron chi connectivity index (χ4n) is 13.5. The van der Waals surface area contributed by atoms with Gasteiger partial charge in [-0.05, 0) is 109 Å². The van der Waals surface area contributed by atoms with Gasteiger partial charge in [0.25, 0.3) is 0 Å². The van der Waals surface area contributed by atoms with Crippen molar-refractivity contribution in [1.29, 1.82) is 5.41 Å². The Hall–Kier alpha value is -11.4. The highest BCUT2D eigenvalue weighted by Gasteiger charge is 2.44. The third-order valence-corrected chi connectivity index (χ3v) is 19.4. The molecule has 3 aliphatic rings. The van der Waals surface area contributed by atoms with Gasteiger partial charge in [0.05, 0.1) is 25.7 Å². The lowest BCUT2D eigenvalue weighted by Crippen LogP contribution is -2.62. The second-order valence-corrected chi connectivity index (χ2v) is 27.7. The molecule has 12 atom stereocenters. The number of hydrogen-bond donors (Lipinski definition) is 16. The largest absolute Gasteiger partial charge is 0.481 e. The lowest BCUT2D eigenvalue weighted by Gasteiger charge is -2.32. The monoisotopic (exact) mass is 1490 g/mol. The van der Waals surface area contributed by atoms with E-state index in [1.807, 2.05) is 84.9 Å². The van der Waals surface area contributed by atoms with Crippen LogP contribution in [0.15, 0.2) is 127 Å². The number of nitrogens with zero attached hydrogens (tertiary/aromatic N) is 3. The van der Waals surface area contributed by atoms with E-state index in [0.717, 1.165) is 32.4 Å². The van der Waals surface area contributed by atoms with Crippen LogP contribution in [0.4, 0.5) is 0 Å². The number of carbonyl (C=O) groups is 13. The minimum absolute atomic E-state index is 0.000801. The first-order valence-corrected chi connectivity index (χ1v) is 36.2. The molecule has 3 aliphatic heterocycles. The molecular formula is C76H98N16O16. The molecule has 0 radical (unpaired) electrons. The van der Waals surface area contributed by atoms with Crippen LogP contribution < -0.4 is 65.1 Å². The number of guanidine groups is 1. The van der Waals surface area contributed by atoms with Crippen LogP contribution in [0.1, 0.15) is 95.2 Å². The number of aliphatic carboxylic acids is 1. The first-order valence-electron chi connectivity index (χ1n) is 36.2. The third-order valence-electron chi connectivity index (χ3n) is 19.4. The van der Waals surface area contributed by atoms with E-state index in [2.05, 4.69) is 47.9 Å². The zero-order chi connectivity index (χ0) is 78.3. The Balaban J connectivity index is 0.917. The molecule has 32 nitrogen and oxygen atoms in total. The van der Waals surface area contributed by atoms with Crippen LogP contribution in [-0.4, -0.2) is 225 Å². The lowest BCUT2D eigenvalue weighted by atomic mass is 9.99. The molecule has 0 aromatic heterocycles. The quantitative estimate of drug-likeness (QED) is 0.0125. The number of aliphatic hydroxyl groups excluding tert-OH is 2. The van der Waals surface area contributed by atoms with Crippen LogP contribution in [0.25, 0.3) is 21.9 Å². The number of nitrogens with one attached hydrogen (secondary N) is 10. The zero-order valence-electron chi connectivity index (χ0n) is 60.6. The molecule has 0 bridgehead atoms. The third kappa shape index (κ3) is 22.6. The molecule has 0 saturated carbocycles. The SMILES string of the molecule is CC(C)[C@H](NC(=O)[C@H](CO)NC(=O)[C@H](CC(=O)O)NC(=O)[C@@H]1CCCN1C(=O)[C@H](Cc1ccc(-c2ccccc2)cc1)NC(=O)[C@H](C)NC(=O)[C@H](CO)NC(=O)[C@@H](N)Cc1ccc2ccccc2c1)C(=O)N1CCC[C@H]1C(=O)N[C@@H](Cc1ccccc1)C(=O)N[C@@H](CCCNC(=N)N)C(=O)N1CCC[C@H]1C(N)=O. The van der Waals surface area contributed by atoms with E-state index in [-0.39, 0.29) is 83.5 Å². The molecule has 8 rings (SSSR count). The predicted molar refractivity (Wildman–Crippen MR) is 396 cm³/mol. The average molecular weight is 1490 g/mol. The van der Waals surface area contributed by atoms with Crippen LogP contribution in [0, 0.1) is 11.3 Å². The number of amides is 12. The summed E-state index contributed by atoms with van der Waals surface area (Å²) in [6.45, 7) is 2.85. The van der Waals surface area contributed by atoms with Crippen molar-refractivity contribution < 1.29 is 77.6 Å². The van der Waals surface area contributed by atoms with Gasteiger partial charge in [0, 0.05) is 39.0 Å². The topological polar surface area (TPSA) is 502 Å². The van der Waals surface area contributed by atoms with Gasteiger partial charge < -0.3 is 95.1 Å². The summed E-state index contributed by atoms with van der Waals surface area (Å²) in [5.41, 5.74) is 21.0. The summed E-state index contributed by atoms with van der Waals surface area (Å²) < 4.78 is 0. The Labute approximate surface area is 624 Å². The van der Waals surface area contributed by atoms with Crippen LogP contribution in [-0.2, 0) is 81.6 Å². The molecule has 3 fully saturated rings. The van der Waals surface area contributed by atoms with E-state index in [4.69, 9.17) is 22.6 Å². The molecule has 578 valence electrons. The molecule has 3 heterocycles. The van der Waals surface area contributed by atoms with Gasteiger partial charge in [-0.2, -0.15) is 0 Å². The molecule has 108 heavy (non-hydrogen) atoms. The summed E-state index contributed by atoms with van der Waals surface area (Å²) in [7, 11) is 0. The first-order chi connectivity index (χ1) is 51.6. The van der Waals surface area contributed by atoms with E-state index in [0.29, 0.717) is 30.4 Å². The smallest absolute Gasteiger partial charge is 0.305 e. The van der Waals surface area contributed by atoms with E-state index in [9.17, 15) is 77.6 Å². The highest BCUT2D eigenvalue weighted by Crippen LogP contribution is 2.26. The number of primary amides is 1. The highest BCUT2D eigenvalue weighted by molar-refractivity contribution is 6.01. The second-order valence-electron chi connectivity index (χ2n) is 27.7. The number of benzene rings is 5. The Bertz CT molecular complexity index is 4060. The van der Waals surface area contributed by atoms with Crippen LogP contribution in [0.2, 0.25) is 0 Å². The van der Waals surface area contributed by atoms with E-state index < -0.39 is 175 Å². The maximum atomic E-state index is 14.9. The number of carbonyl (C=O) groups excluding carboxylic acids is 12. The van der Waals surface area contributed by atoms with Crippen LogP contribution >= 0.6 is 0 Å². The standard InChI is InChI=1S/C76H98N16O16/c1-43(2)63(75(108)92-35-15-25-61(92)72(105)84-54(38-45-16-6-4-7-17-45)67(100)83-53(22-12-32-81-76(79)80)73(106)90-33-13-23-59(90)64(78)97)89-70(103)58(42-94)88-68(101)55(40-62(95)96)85-71(104)60-24-14-34-91(60)74(107)56(39-46-26-29-50(30-27-46)48-18-8-5-9-19-48)86-65(98)44(3)82-69(102)57(41-93)87-66(99)52(77)37-47-28-31-49-20-10-11-21-51(49)36-47/h4-11,16-21,26-31,36,43-44,52-61,63,93-94H,12-15,22-25,32-35,37-42,77H2,1-3H3,(H2,78,97)(H,82,102)(H,83,100)(H,84,105)(H,85,104)(H,86,98)(H,87,99)(H,88,101)(H,89,103)(H,95,96)(H4,79,80,81)/t44-,52-,53-,54-,55-,56-,57-,58-,59-,60-,61-,63-/m0/s1. The maximum Gasteiger partial charge on any atom is 0.305 e. The number of likely N-dealkylation sites (tertiary alicyclic amines) is 3. The molecule has 0 spiro atoms. The van der Waals surface area contributed by atoms with Crippen molar-refractivity contribution in [3.63, 3.8) is 0 Å². The average Bonchev–Trinajstić information content (AvgIpc) is 1.53. The predicted octanol–water partition coefficient (Wildman–Crippen LogP) is -1.40. The molecule has 5 aromatic rings. The summed E-state index contributed by atoms with van der Waals surface area (Å²) in [5, 5.41) is 63.5. The van der Waals surface area contributed by atoms with Crippen molar-refractivity contribution in [2.75, 3.05) is 39.4 Å². The number of aliphatic hydroxyl groups is 2. The second kappa shape index (κ2) is 39.3. The lowest BCUT2D eigenvalue weighted by molar-refractivity contribution is -0.145. The van der Waals surface area contributed by atoms with Gasteiger partial charge >= 0.3 is 5.97 Å². The minimum atomic E-state index is -1.94.